The van der Waals surface area contributed by atoms with Gasteiger partial charge in [-0.05, 0) is 50.8 Å². The van der Waals surface area contributed by atoms with Crippen molar-refractivity contribution in [3.8, 4) is 0 Å². The maximum absolute atomic E-state index is 6.07. The lowest BCUT2D eigenvalue weighted by Crippen LogP contribution is -2.39. The monoisotopic (exact) mass is 294 g/mol. The van der Waals surface area contributed by atoms with E-state index in [9.17, 15) is 0 Å². The van der Waals surface area contributed by atoms with Crippen LogP contribution in [0, 0.1) is 0 Å². The van der Waals surface area contributed by atoms with Gasteiger partial charge in [0.1, 0.15) is 0 Å². The number of rotatable bonds is 9. The zero-order valence-electron chi connectivity index (χ0n) is 13.4. The molecule has 1 atom stereocenters. The van der Waals surface area contributed by atoms with E-state index in [1.807, 2.05) is 0 Å². The van der Waals surface area contributed by atoms with E-state index in [1.54, 1.807) is 11.8 Å². The molecule has 0 amide bonds. The summed E-state index contributed by atoms with van der Waals surface area (Å²) in [7, 11) is 0. The molecule has 0 saturated carbocycles. The van der Waals surface area contributed by atoms with Crippen molar-refractivity contribution in [2.45, 2.75) is 57.0 Å². The lowest BCUT2D eigenvalue weighted by Gasteiger charge is -2.34. The Morgan fingerprint density at radius 3 is 2.25 bits per heavy atom. The van der Waals surface area contributed by atoms with Gasteiger partial charge in [0.05, 0.1) is 0 Å². The summed E-state index contributed by atoms with van der Waals surface area (Å²) in [5, 5.41) is 0. The van der Waals surface area contributed by atoms with Crippen LogP contribution in [0.3, 0.4) is 0 Å². The van der Waals surface area contributed by atoms with Gasteiger partial charge in [-0.25, -0.2) is 0 Å². The molecule has 1 unspecified atom stereocenters. The predicted octanol–water partition coefficient (Wildman–Crippen LogP) is 4.31. The topological polar surface area (TPSA) is 29.3 Å². The molecule has 0 bridgehead atoms. The van der Waals surface area contributed by atoms with Gasteiger partial charge in [-0.1, -0.05) is 31.9 Å². The second-order valence-corrected chi connectivity index (χ2v) is 6.44. The lowest BCUT2D eigenvalue weighted by molar-refractivity contribution is 0.154. The van der Waals surface area contributed by atoms with Crippen LogP contribution in [0.15, 0.2) is 29.2 Å². The Labute approximate surface area is 129 Å². The number of nitrogens with zero attached hydrogens (tertiary/aromatic N) is 1. The molecule has 0 radical (unpaired) electrons. The van der Waals surface area contributed by atoms with E-state index in [-0.39, 0.29) is 0 Å². The molecule has 2 nitrogen and oxygen atoms in total. The summed E-state index contributed by atoms with van der Waals surface area (Å²) in [5.74, 6) is 0. The van der Waals surface area contributed by atoms with Crippen LogP contribution in [0.25, 0.3) is 0 Å². The molecule has 0 aliphatic carbocycles. The van der Waals surface area contributed by atoms with Crippen molar-refractivity contribution in [3.05, 3.63) is 29.8 Å². The third-order valence-electron chi connectivity index (χ3n) is 3.81. The van der Waals surface area contributed by atoms with E-state index in [1.165, 1.54) is 29.7 Å². The third-order valence-corrected chi connectivity index (χ3v) is 4.55. The first kappa shape index (κ1) is 17.5. The second-order valence-electron chi connectivity index (χ2n) is 5.56. The zero-order valence-corrected chi connectivity index (χ0v) is 14.2. The van der Waals surface area contributed by atoms with Crippen molar-refractivity contribution in [3.63, 3.8) is 0 Å². The van der Waals surface area contributed by atoms with Crippen LogP contribution in [0.2, 0.25) is 0 Å². The Hall–Kier alpha value is -0.510. The quantitative estimate of drug-likeness (QED) is 0.543. The molecule has 0 spiro atoms. The SMILES string of the molecule is CCCCCN(C(C)C)C(CN)c1ccc(SC)cc1. The molecule has 1 aromatic rings. The van der Waals surface area contributed by atoms with Crippen LogP contribution in [0.5, 0.6) is 0 Å². The summed E-state index contributed by atoms with van der Waals surface area (Å²) in [6.07, 6.45) is 5.93. The smallest absolute Gasteiger partial charge is 0.0473 e. The molecule has 3 heteroatoms. The Kier molecular flexibility index (Phi) is 8.27. The number of thioether (sulfide) groups is 1. The Balaban J connectivity index is 2.82. The molecule has 0 saturated heterocycles. The van der Waals surface area contributed by atoms with Crippen molar-refractivity contribution in [2.24, 2.45) is 5.73 Å². The van der Waals surface area contributed by atoms with Crippen LogP contribution < -0.4 is 5.73 Å². The van der Waals surface area contributed by atoms with Gasteiger partial charge in [0.15, 0.2) is 0 Å². The van der Waals surface area contributed by atoms with Crippen molar-refractivity contribution in [1.82, 2.24) is 4.90 Å². The Bertz CT molecular complexity index is 362. The fraction of sp³-hybridized carbons (Fsp3) is 0.647. The normalized spacial score (nSPS) is 13.2. The zero-order chi connectivity index (χ0) is 15.0. The summed E-state index contributed by atoms with van der Waals surface area (Å²) in [5.41, 5.74) is 7.41. The summed E-state index contributed by atoms with van der Waals surface area (Å²) in [6.45, 7) is 8.61. The minimum absolute atomic E-state index is 0.336. The Morgan fingerprint density at radius 1 is 1.15 bits per heavy atom. The van der Waals surface area contributed by atoms with E-state index in [2.05, 4.69) is 56.2 Å². The lowest BCUT2D eigenvalue weighted by atomic mass is 10.0. The molecule has 0 heterocycles. The second kappa shape index (κ2) is 9.43. The average molecular weight is 295 g/mol. The van der Waals surface area contributed by atoms with Crippen molar-refractivity contribution in [1.29, 1.82) is 0 Å². The van der Waals surface area contributed by atoms with Gasteiger partial charge in [0.2, 0.25) is 0 Å². The first-order valence-electron chi connectivity index (χ1n) is 7.73. The van der Waals surface area contributed by atoms with Gasteiger partial charge >= 0.3 is 0 Å². The molecule has 1 aromatic carbocycles. The first-order chi connectivity index (χ1) is 9.63. The maximum Gasteiger partial charge on any atom is 0.0473 e. The maximum atomic E-state index is 6.07. The van der Waals surface area contributed by atoms with E-state index in [4.69, 9.17) is 5.73 Å². The van der Waals surface area contributed by atoms with Crippen molar-refractivity contribution < 1.29 is 0 Å². The summed E-state index contributed by atoms with van der Waals surface area (Å²) >= 11 is 1.78. The number of unbranched alkanes of at least 4 members (excludes halogenated alkanes) is 2. The molecule has 0 fully saturated rings. The van der Waals surface area contributed by atoms with E-state index in [0.29, 0.717) is 18.6 Å². The van der Waals surface area contributed by atoms with Gasteiger partial charge in [-0.3, -0.25) is 4.90 Å². The van der Waals surface area contributed by atoms with Gasteiger partial charge in [-0.2, -0.15) is 0 Å². The van der Waals surface area contributed by atoms with Gasteiger partial charge in [-0.15, -0.1) is 11.8 Å². The first-order valence-corrected chi connectivity index (χ1v) is 8.96. The van der Waals surface area contributed by atoms with Crippen molar-refractivity contribution in [2.75, 3.05) is 19.3 Å². The number of nitrogens with two attached hydrogens (primary N) is 1. The fourth-order valence-corrected chi connectivity index (χ4v) is 3.02. The Morgan fingerprint density at radius 2 is 1.80 bits per heavy atom. The third kappa shape index (κ3) is 5.12. The van der Waals surface area contributed by atoms with E-state index < -0.39 is 0 Å². The highest BCUT2D eigenvalue weighted by molar-refractivity contribution is 7.98. The van der Waals surface area contributed by atoms with Crippen LogP contribution in [0.1, 0.15) is 51.6 Å². The molecule has 2 N–H and O–H groups in total. The molecule has 114 valence electrons. The van der Waals surface area contributed by atoms with Crippen LogP contribution in [-0.2, 0) is 0 Å². The molecule has 1 rings (SSSR count). The predicted molar refractivity (Wildman–Crippen MR) is 91.4 cm³/mol. The molecule has 0 aliphatic heterocycles. The van der Waals surface area contributed by atoms with Gasteiger partial charge in [0.25, 0.3) is 0 Å². The van der Waals surface area contributed by atoms with E-state index >= 15 is 0 Å². The molecule has 0 aliphatic rings. The fourth-order valence-electron chi connectivity index (χ4n) is 2.61. The number of hydrogen-bond acceptors (Lipinski definition) is 3. The highest BCUT2D eigenvalue weighted by atomic mass is 32.2. The van der Waals surface area contributed by atoms with Gasteiger partial charge < -0.3 is 5.73 Å². The highest BCUT2D eigenvalue weighted by Gasteiger charge is 2.21. The van der Waals surface area contributed by atoms with Crippen LogP contribution >= 0.6 is 11.8 Å². The average Bonchev–Trinajstić information content (AvgIpc) is 2.47. The molecule has 0 aromatic heterocycles. The van der Waals surface area contributed by atoms with Gasteiger partial charge in [0, 0.05) is 23.5 Å². The summed E-state index contributed by atoms with van der Waals surface area (Å²) in [4.78, 5) is 3.86. The molecular formula is C17H30N2S. The highest BCUT2D eigenvalue weighted by Crippen LogP contribution is 2.25. The summed E-state index contributed by atoms with van der Waals surface area (Å²) in [6, 6.07) is 9.74. The minimum atomic E-state index is 0.336. The summed E-state index contributed by atoms with van der Waals surface area (Å²) < 4.78 is 0. The van der Waals surface area contributed by atoms with Crippen LogP contribution in [0.4, 0.5) is 0 Å². The largest absolute Gasteiger partial charge is 0.329 e. The number of hydrogen-bond donors (Lipinski definition) is 1. The molecular weight excluding hydrogens is 264 g/mol. The van der Waals surface area contributed by atoms with Crippen LogP contribution in [-0.4, -0.2) is 30.3 Å². The number of benzene rings is 1. The minimum Gasteiger partial charge on any atom is -0.329 e. The molecule has 20 heavy (non-hydrogen) atoms. The standard InChI is InChI=1S/C17H30N2S/c1-5-6-7-12-19(14(2)3)17(13-18)15-8-10-16(20-4)11-9-15/h8-11,14,17H,5-7,12-13,18H2,1-4H3. The van der Waals surface area contributed by atoms with E-state index in [0.717, 1.165) is 6.54 Å². The van der Waals surface area contributed by atoms with Crippen molar-refractivity contribution >= 4 is 11.8 Å².